The summed E-state index contributed by atoms with van der Waals surface area (Å²) in [4.78, 5) is 12.5. The molecular weight excluding hydrogens is 463 g/mol. The van der Waals surface area contributed by atoms with Crippen molar-refractivity contribution in [2.75, 3.05) is 12.4 Å². The summed E-state index contributed by atoms with van der Waals surface area (Å²) in [5.74, 6) is -0.0202. The van der Waals surface area contributed by atoms with Crippen molar-refractivity contribution in [3.63, 3.8) is 0 Å². The molecule has 31 heavy (non-hydrogen) atoms. The van der Waals surface area contributed by atoms with Crippen LogP contribution < -0.4 is 14.8 Å². The lowest BCUT2D eigenvalue weighted by atomic mass is 10.1. The SMILES string of the molecule is COc1cc(/C=C(/C#N)C(=O)Nc2ccccc2)c(Br)cc1OCc1cccc(F)c1. The number of ether oxygens (including phenoxy) is 2. The van der Waals surface area contributed by atoms with Gasteiger partial charge in [0.05, 0.1) is 7.11 Å². The zero-order chi connectivity index (χ0) is 22.2. The second-order valence-corrected chi connectivity index (χ2v) is 7.29. The lowest BCUT2D eigenvalue weighted by molar-refractivity contribution is -0.112. The van der Waals surface area contributed by atoms with Gasteiger partial charge in [-0.1, -0.05) is 46.3 Å². The minimum absolute atomic E-state index is 0.0694. The molecule has 0 saturated heterocycles. The predicted molar refractivity (Wildman–Crippen MR) is 120 cm³/mol. The first-order valence-electron chi connectivity index (χ1n) is 9.23. The van der Waals surface area contributed by atoms with Gasteiger partial charge < -0.3 is 14.8 Å². The molecule has 0 radical (unpaired) electrons. The van der Waals surface area contributed by atoms with Crippen LogP contribution in [0.25, 0.3) is 6.08 Å². The summed E-state index contributed by atoms with van der Waals surface area (Å²) in [5, 5.41) is 12.1. The van der Waals surface area contributed by atoms with Gasteiger partial charge in [0.1, 0.15) is 24.1 Å². The first kappa shape index (κ1) is 22.1. The van der Waals surface area contributed by atoms with Gasteiger partial charge in [-0.3, -0.25) is 4.79 Å². The van der Waals surface area contributed by atoms with Gasteiger partial charge in [-0.2, -0.15) is 5.26 Å². The third-order valence-corrected chi connectivity index (χ3v) is 4.95. The highest BCUT2D eigenvalue weighted by Gasteiger charge is 2.14. The van der Waals surface area contributed by atoms with Crippen molar-refractivity contribution in [1.82, 2.24) is 0 Å². The van der Waals surface area contributed by atoms with Crippen LogP contribution in [-0.4, -0.2) is 13.0 Å². The maximum Gasteiger partial charge on any atom is 0.266 e. The first-order chi connectivity index (χ1) is 15.0. The Morgan fingerprint density at radius 1 is 1.13 bits per heavy atom. The second-order valence-electron chi connectivity index (χ2n) is 6.43. The van der Waals surface area contributed by atoms with Crippen LogP contribution in [0.5, 0.6) is 11.5 Å². The maximum atomic E-state index is 13.4. The fourth-order valence-electron chi connectivity index (χ4n) is 2.75. The van der Waals surface area contributed by atoms with E-state index in [2.05, 4.69) is 21.2 Å². The van der Waals surface area contributed by atoms with Crippen LogP contribution in [0, 0.1) is 17.1 Å². The molecule has 0 heterocycles. The molecule has 0 fully saturated rings. The highest BCUT2D eigenvalue weighted by molar-refractivity contribution is 9.10. The monoisotopic (exact) mass is 480 g/mol. The van der Waals surface area contributed by atoms with E-state index in [4.69, 9.17) is 9.47 Å². The minimum Gasteiger partial charge on any atom is -0.493 e. The number of amides is 1. The van der Waals surface area contributed by atoms with Gasteiger partial charge in [-0.25, -0.2) is 4.39 Å². The third-order valence-electron chi connectivity index (χ3n) is 4.26. The highest BCUT2D eigenvalue weighted by Crippen LogP contribution is 2.35. The Morgan fingerprint density at radius 2 is 1.90 bits per heavy atom. The van der Waals surface area contributed by atoms with Crippen LogP contribution in [0.3, 0.4) is 0 Å². The van der Waals surface area contributed by atoms with Crippen molar-refractivity contribution in [3.8, 4) is 17.6 Å². The molecule has 0 aliphatic carbocycles. The number of methoxy groups -OCH3 is 1. The topological polar surface area (TPSA) is 71.3 Å². The third kappa shape index (κ3) is 5.93. The lowest BCUT2D eigenvalue weighted by Gasteiger charge is -2.13. The van der Waals surface area contributed by atoms with Crippen molar-refractivity contribution in [3.05, 3.63) is 93.7 Å². The van der Waals surface area contributed by atoms with E-state index in [-0.39, 0.29) is 18.0 Å². The van der Waals surface area contributed by atoms with Crippen LogP contribution in [-0.2, 0) is 11.4 Å². The molecule has 1 N–H and O–H groups in total. The van der Waals surface area contributed by atoms with Gasteiger partial charge in [-0.05, 0) is 53.6 Å². The molecule has 0 aliphatic rings. The van der Waals surface area contributed by atoms with Gasteiger partial charge in [0.25, 0.3) is 5.91 Å². The number of para-hydroxylation sites is 1. The summed E-state index contributed by atoms with van der Waals surface area (Å²) in [6, 6.07) is 20.2. The maximum absolute atomic E-state index is 13.4. The molecule has 156 valence electrons. The molecule has 3 aromatic rings. The van der Waals surface area contributed by atoms with Crippen molar-refractivity contribution < 1.29 is 18.7 Å². The number of carbonyl (C=O) groups is 1. The average molecular weight is 481 g/mol. The zero-order valence-corrected chi connectivity index (χ0v) is 18.1. The van der Waals surface area contributed by atoms with E-state index in [0.29, 0.717) is 32.8 Å². The van der Waals surface area contributed by atoms with Gasteiger partial charge in [0.15, 0.2) is 11.5 Å². The number of carbonyl (C=O) groups excluding carboxylic acids is 1. The van der Waals surface area contributed by atoms with Crippen LogP contribution in [0.1, 0.15) is 11.1 Å². The number of hydrogen-bond acceptors (Lipinski definition) is 4. The van der Waals surface area contributed by atoms with E-state index in [1.165, 1.54) is 25.3 Å². The number of hydrogen-bond donors (Lipinski definition) is 1. The Kier molecular flexibility index (Phi) is 7.41. The average Bonchev–Trinajstić information content (AvgIpc) is 2.77. The van der Waals surface area contributed by atoms with E-state index in [9.17, 15) is 14.4 Å². The Bertz CT molecular complexity index is 1160. The second kappa shape index (κ2) is 10.4. The summed E-state index contributed by atoms with van der Waals surface area (Å²) in [5.41, 5.74) is 1.76. The van der Waals surface area contributed by atoms with E-state index in [1.54, 1.807) is 48.5 Å². The Labute approximate surface area is 187 Å². The quantitative estimate of drug-likeness (QED) is 0.346. The Morgan fingerprint density at radius 3 is 2.58 bits per heavy atom. The van der Waals surface area contributed by atoms with Crippen molar-refractivity contribution in [2.45, 2.75) is 6.61 Å². The molecule has 0 saturated carbocycles. The Balaban J connectivity index is 1.82. The first-order valence-corrected chi connectivity index (χ1v) is 10.0. The van der Waals surface area contributed by atoms with E-state index < -0.39 is 5.91 Å². The molecule has 0 spiro atoms. The van der Waals surface area contributed by atoms with Crippen molar-refractivity contribution in [1.29, 1.82) is 5.26 Å². The van der Waals surface area contributed by atoms with Gasteiger partial charge in [-0.15, -0.1) is 0 Å². The van der Waals surface area contributed by atoms with Crippen LogP contribution in [0.15, 0.2) is 76.8 Å². The number of nitriles is 1. The molecule has 0 atom stereocenters. The van der Waals surface area contributed by atoms with E-state index in [0.717, 1.165) is 0 Å². The molecule has 3 rings (SSSR count). The summed E-state index contributed by atoms with van der Waals surface area (Å²) in [7, 11) is 1.49. The largest absolute Gasteiger partial charge is 0.493 e. The van der Waals surface area contributed by atoms with Gasteiger partial charge >= 0.3 is 0 Å². The van der Waals surface area contributed by atoms with Gasteiger partial charge in [0.2, 0.25) is 0 Å². The highest BCUT2D eigenvalue weighted by atomic mass is 79.9. The van der Waals surface area contributed by atoms with Crippen LogP contribution in [0.2, 0.25) is 0 Å². The standard InChI is InChI=1S/C24H18BrFN2O3/c1-30-22-12-17(11-18(14-27)24(29)28-20-8-3-2-4-9-20)21(25)13-23(22)31-15-16-6-5-7-19(26)10-16/h2-13H,15H2,1H3,(H,28,29)/b18-11-. The fourth-order valence-corrected chi connectivity index (χ4v) is 3.18. The van der Waals surface area contributed by atoms with Crippen LogP contribution in [0.4, 0.5) is 10.1 Å². The Hall–Kier alpha value is -3.63. The molecule has 0 aromatic heterocycles. The van der Waals surface area contributed by atoms with Gasteiger partial charge in [0, 0.05) is 10.2 Å². The summed E-state index contributed by atoms with van der Waals surface area (Å²) in [6.45, 7) is 0.151. The number of halogens is 2. The molecule has 0 bridgehead atoms. The van der Waals surface area contributed by atoms with Crippen molar-refractivity contribution >= 4 is 33.6 Å². The molecule has 3 aromatic carbocycles. The summed E-state index contributed by atoms with van der Waals surface area (Å²) in [6.07, 6.45) is 1.46. The molecule has 5 nitrogen and oxygen atoms in total. The molecule has 0 unspecified atom stereocenters. The molecule has 1 amide bonds. The fraction of sp³-hybridized carbons (Fsp3) is 0.0833. The lowest BCUT2D eigenvalue weighted by Crippen LogP contribution is -2.13. The summed E-state index contributed by atoms with van der Waals surface area (Å²) < 4.78 is 25.1. The number of anilines is 1. The summed E-state index contributed by atoms with van der Waals surface area (Å²) >= 11 is 3.44. The smallest absolute Gasteiger partial charge is 0.266 e. The normalized spacial score (nSPS) is 10.8. The number of rotatable bonds is 7. The number of benzene rings is 3. The zero-order valence-electron chi connectivity index (χ0n) is 16.6. The predicted octanol–water partition coefficient (Wildman–Crippen LogP) is 5.72. The molecule has 0 aliphatic heterocycles. The van der Waals surface area contributed by atoms with E-state index in [1.807, 2.05) is 12.1 Å². The number of nitrogens with one attached hydrogen (secondary N) is 1. The molecular formula is C24H18BrFN2O3. The molecule has 7 heteroatoms. The van der Waals surface area contributed by atoms with E-state index >= 15 is 0 Å². The number of nitrogens with zero attached hydrogens (tertiary/aromatic N) is 1. The van der Waals surface area contributed by atoms with Crippen molar-refractivity contribution in [2.24, 2.45) is 0 Å². The van der Waals surface area contributed by atoms with Crippen LogP contribution >= 0.6 is 15.9 Å². The minimum atomic E-state index is -0.522.